The summed E-state index contributed by atoms with van der Waals surface area (Å²) in [5.74, 6) is 0.882. The number of nitrogens with one attached hydrogen (secondary N) is 1. The van der Waals surface area contributed by atoms with Gasteiger partial charge in [-0.2, -0.15) is 4.98 Å². The highest BCUT2D eigenvalue weighted by atomic mass is 79.9. The Morgan fingerprint density at radius 1 is 1.47 bits per heavy atom. The largest absolute Gasteiger partial charge is 0.468 e. The monoisotopic (exact) mass is 325 g/mol. The standard InChI is InChI=1S/C13H16BrN3O2/c1-9-12(14)10(2)17(13(18)16-9)6-5-15-8-11-4-3-7-19-11/h3-4,7,15H,5-6,8H2,1-2H3. The molecule has 5 nitrogen and oxygen atoms in total. The third-order valence-corrected chi connectivity index (χ3v) is 4.07. The lowest BCUT2D eigenvalue weighted by Crippen LogP contribution is -2.30. The fourth-order valence-corrected chi connectivity index (χ4v) is 2.16. The van der Waals surface area contributed by atoms with Gasteiger partial charge in [0, 0.05) is 18.8 Å². The minimum Gasteiger partial charge on any atom is -0.468 e. The van der Waals surface area contributed by atoms with E-state index in [9.17, 15) is 4.79 Å². The van der Waals surface area contributed by atoms with Crippen LogP contribution < -0.4 is 11.0 Å². The van der Waals surface area contributed by atoms with E-state index >= 15 is 0 Å². The summed E-state index contributed by atoms with van der Waals surface area (Å²) in [6.07, 6.45) is 1.65. The second kappa shape index (κ2) is 6.16. The summed E-state index contributed by atoms with van der Waals surface area (Å²) in [5.41, 5.74) is 1.41. The van der Waals surface area contributed by atoms with Crippen LogP contribution in [0.25, 0.3) is 0 Å². The van der Waals surface area contributed by atoms with E-state index in [0.717, 1.165) is 21.6 Å². The van der Waals surface area contributed by atoms with Crippen LogP contribution in [0.2, 0.25) is 0 Å². The van der Waals surface area contributed by atoms with E-state index in [2.05, 4.69) is 26.2 Å². The van der Waals surface area contributed by atoms with Crippen LogP contribution in [0.1, 0.15) is 17.1 Å². The Bertz CT molecular complexity index is 605. The number of halogens is 1. The van der Waals surface area contributed by atoms with Gasteiger partial charge in [0.15, 0.2) is 0 Å². The minimum absolute atomic E-state index is 0.210. The molecule has 0 aliphatic heterocycles. The van der Waals surface area contributed by atoms with Gasteiger partial charge in [-0.3, -0.25) is 4.57 Å². The quantitative estimate of drug-likeness (QED) is 0.854. The highest BCUT2D eigenvalue weighted by Gasteiger charge is 2.08. The molecule has 0 atom stereocenters. The Morgan fingerprint density at radius 2 is 2.26 bits per heavy atom. The van der Waals surface area contributed by atoms with Gasteiger partial charge in [-0.15, -0.1) is 0 Å². The molecule has 0 spiro atoms. The Kier molecular flexibility index (Phi) is 4.55. The van der Waals surface area contributed by atoms with Crippen molar-refractivity contribution in [2.75, 3.05) is 6.54 Å². The van der Waals surface area contributed by atoms with Gasteiger partial charge < -0.3 is 9.73 Å². The predicted octanol–water partition coefficient (Wildman–Crippen LogP) is 2.01. The van der Waals surface area contributed by atoms with Crippen molar-refractivity contribution in [1.82, 2.24) is 14.9 Å². The number of nitrogens with zero attached hydrogens (tertiary/aromatic N) is 2. The van der Waals surface area contributed by atoms with Gasteiger partial charge >= 0.3 is 5.69 Å². The van der Waals surface area contributed by atoms with Crippen LogP contribution in [0.15, 0.2) is 32.1 Å². The average Bonchev–Trinajstić information content (AvgIpc) is 2.88. The summed E-state index contributed by atoms with van der Waals surface area (Å²) in [4.78, 5) is 15.8. The Morgan fingerprint density at radius 3 is 2.95 bits per heavy atom. The minimum atomic E-state index is -0.210. The van der Waals surface area contributed by atoms with Crippen molar-refractivity contribution in [2.45, 2.75) is 26.9 Å². The summed E-state index contributed by atoms with van der Waals surface area (Å²) in [7, 11) is 0. The Labute approximate surface area is 119 Å². The molecule has 102 valence electrons. The maximum atomic E-state index is 11.8. The molecule has 1 N–H and O–H groups in total. The molecule has 2 aromatic rings. The molecule has 0 radical (unpaired) electrons. The van der Waals surface area contributed by atoms with Gasteiger partial charge in [-0.1, -0.05) is 0 Å². The van der Waals surface area contributed by atoms with Crippen molar-refractivity contribution in [2.24, 2.45) is 0 Å². The van der Waals surface area contributed by atoms with E-state index in [1.54, 1.807) is 10.8 Å². The fraction of sp³-hybridized carbons (Fsp3) is 0.385. The average molecular weight is 326 g/mol. The first kappa shape index (κ1) is 14.0. The smallest absolute Gasteiger partial charge is 0.348 e. The molecule has 0 fully saturated rings. The normalized spacial score (nSPS) is 10.9. The van der Waals surface area contributed by atoms with E-state index in [4.69, 9.17) is 4.42 Å². The number of hydrogen-bond donors (Lipinski definition) is 1. The van der Waals surface area contributed by atoms with Crippen LogP contribution >= 0.6 is 15.9 Å². The van der Waals surface area contributed by atoms with E-state index in [1.165, 1.54) is 0 Å². The van der Waals surface area contributed by atoms with Crippen LogP contribution in [0.3, 0.4) is 0 Å². The van der Waals surface area contributed by atoms with Gasteiger partial charge in [0.1, 0.15) is 5.76 Å². The molecule has 0 amide bonds. The first-order chi connectivity index (χ1) is 9.09. The molecule has 0 aliphatic carbocycles. The molecule has 0 aliphatic rings. The molecule has 2 aromatic heterocycles. The lowest BCUT2D eigenvalue weighted by Gasteiger charge is -2.12. The lowest BCUT2D eigenvalue weighted by molar-refractivity contribution is 0.472. The van der Waals surface area contributed by atoms with Crippen molar-refractivity contribution < 1.29 is 4.42 Å². The third kappa shape index (κ3) is 3.33. The third-order valence-electron chi connectivity index (χ3n) is 2.93. The van der Waals surface area contributed by atoms with Crippen molar-refractivity contribution in [1.29, 1.82) is 0 Å². The second-order valence-electron chi connectivity index (χ2n) is 4.29. The zero-order valence-electron chi connectivity index (χ0n) is 10.9. The van der Waals surface area contributed by atoms with Crippen LogP contribution in [0.5, 0.6) is 0 Å². The molecule has 19 heavy (non-hydrogen) atoms. The second-order valence-corrected chi connectivity index (χ2v) is 5.08. The van der Waals surface area contributed by atoms with Gasteiger partial charge in [0.25, 0.3) is 0 Å². The number of hydrogen-bond acceptors (Lipinski definition) is 4. The van der Waals surface area contributed by atoms with E-state index in [1.807, 2.05) is 26.0 Å². The van der Waals surface area contributed by atoms with Crippen molar-refractivity contribution >= 4 is 15.9 Å². The molecule has 0 bridgehead atoms. The predicted molar refractivity (Wildman–Crippen MR) is 76.1 cm³/mol. The first-order valence-corrected chi connectivity index (χ1v) is 6.85. The molecule has 0 unspecified atom stereocenters. The molecule has 2 rings (SSSR count). The maximum Gasteiger partial charge on any atom is 0.348 e. The molecular weight excluding hydrogens is 310 g/mol. The number of furan rings is 1. The summed E-state index contributed by atoms with van der Waals surface area (Å²) in [6, 6.07) is 3.76. The molecular formula is C13H16BrN3O2. The highest BCUT2D eigenvalue weighted by Crippen LogP contribution is 2.16. The van der Waals surface area contributed by atoms with Crippen LogP contribution in [-0.2, 0) is 13.1 Å². The van der Waals surface area contributed by atoms with Crippen molar-refractivity contribution in [3.63, 3.8) is 0 Å². The zero-order chi connectivity index (χ0) is 13.8. The van der Waals surface area contributed by atoms with Gasteiger partial charge in [0.05, 0.1) is 23.0 Å². The topological polar surface area (TPSA) is 60.1 Å². The van der Waals surface area contributed by atoms with Crippen LogP contribution in [-0.4, -0.2) is 16.1 Å². The lowest BCUT2D eigenvalue weighted by atomic mass is 10.3. The maximum absolute atomic E-state index is 11.8. The van der Waals surface area contributed by atoms with E-state index in [0.29, 0.717) is 19.6 Å². The molecule has 0 saturated carbocycles. The summed E-state index contributed by atoms with van der Waals surface area (Å²) < 4.78 is 7.76. The summed E-state index contributed by atoms with van der Waals surface area (Å²) in [6.45, 7) is 5.64. The van der Waals surface area contributed by atoms with E-state index < -0.39 is 0 Å². The van der Waals surface area contributed by atoms with Crippen LogP contribution in [0.4, 0.5) is 0 Å². The van der Waals surface area contributed by atoms with Crippen LogP contribution in [0, 0.1) is 13.8 Å². The van der Waals surface area contributed by atoms with E-state index in [-0.39, 0.29) is 5.69 Å². The highest BCUT2D eigenvalue weighted by molar-refractivity contribution is 9.10. The van der Waals surface area contributed by atoms with Crippen molar-refractivity contribution in [3.8, 4) is 0 Å². The number of aryl methyl sites for hydroxylation is 1. The molecule has 0 saturated heterocycles. The molecule has 0 aromatic carbocycles. The van der Waals surface area contributed by atoms with Crippen molar-refractivity contribution in [3.05, 3.63) is 50.5 Å². The summed E-state index contributed by atoms with van der Waals surface area (Å²) in [5, 5.41) is 3.23. The van der Waals surface area contributed by atoms with Gasteiger partial charge in [-0.25, -0.2) is 4.79 Å². The fourth-order valence-electron chi connectivity index (χ4n) is 1.86. The number of aromatic nitrogens is 2. The molecule has 6 heteroatoms. The Balaban J connectivity index is 1.96. The SMILES string of the molecule is Cc1nc(=O)n(CCNCc2ccco2)c(C)c1Br. The zero-order valence-corrected chi connectivity index (χ0v) is 12.5. The first-order valence-electron chi connectivity index (χ1n) is 6.06. The summed E-state index contributed by atoms with van der Waals surface area (Å²) >= 11 is 3.45. The van der Waals surface area contributed by atoms with Gasteiger partial charge in [0.2, 0.25) is 0 Å². The Hall–Kier alpha value is -1.40. The molecule has 2 heterocycles. The number of rotatable bonds is 5. The van der Waals surface area contributed by atoms with Gasteiger partial charge in [-0.05, 0) is 41.9 Å².